The topological polar surface area (TPSA) is 72.5 Å². The number of nitrogens with zero attached hydrogens (tertiary/aromatic N) is 4. The molecular formula is C21H33N5O2. The normalized spacial score (nSPS) is 24.3. The lowest BCUT2D eigenvalue weighted by Crippen LogP contribution is -2.52. The zero-order chi connectivity index (χ0) is 19.5. The largest absolute Gasteiger partial charge is 0.345 e. The smallest absolute Gasteiger partial charge is 0.226 e. The van der Waals surface area contributed by atoms with E-state index in [9.17, 15) is 9.59 Å². The van der Waals surface area contributed by atoms with Crippen molar-refractivity contribution in [1.82, 2.24) is 24.9 Å². The predicted molar refractivity (Wildman–Crippen MR) is 107 cm³/mol. The van der Waals surface area contributed by atoms with Crippen molar-refractivity contribution in [3.8, 4) is 0 Å². The number of amides is 2. The molecule has 28 heavy (non-hydrogen) atoms. The molecule has 3 heterocycles. The van der Waals surface area contributed by atoms with Crippen molar-refractivity contribution in [3.05, 3.63) is 18.0 Å². The van der Waals surface area contributed by atoms with Gasteiger partial charge in [-0.1, -0.05) is 0 Å². The van der Waals surface area contributed by atoms with Gasteiger partial charge in [0.1, 0.15) is 0 Å². The van der Waals surface area contributed by atoms with Crippen LogP contribution in [0.25, 0.3) is 0 Å². The highest BCUT2D eigenvalue weighted by Gasteiger charge is 2.37. The fourth-order valence-corrected chi connectivity index (χ4v) is 4.71. The van der Waals surface area contributed by atoms with Gasteiger partial charge in [-0.05, 0) is 57.1 Å². The molecule has 7 nitrogen and oxygen atoms in total. The van der Waals surface area contributed by atoms with Gasteiger partial charge < -0.3 is 9.80 Å². The van der Waals surface area contributed by atoms with Crippen LogP contribution in [0, 0.1) is 11.8 Å². The summed E-state index contributed by atoms with van der Waals surface area (Å²) in [5.41, 5.74) is 1.14. The van der Waals surface area contributed by atoms with E-state index in [2.05, 4.69) is 20.0 Å². The van der Waals surface area contributed by atoms with Crippen LogP contribution in [0.15, 0.2) is 12.4 Å². The van der Waals surface area contributed by atoms with Crippen LogP contribution < -0.4 is 0 Å². The number of hydrogen-bond acceptors (Lipinski definition) is 4. The maximum Gasteiger partial charge on any atom is 0.226 e. The van der Waals surface area contributed by atoms with Crippen molar-refractivity contribution in [3.63, 3.8) is 0 Å². The van der Waals surface area contributed by atoms with Crippen LogP contribution in [-0.4, -0.2) is 82.5 Å². The highest BCUT2D eigenvalue weighted by atomic mass is 16.2. The molecule has 0 bridgehead atoms. The van der Waals surface area contributed by atoms with E-state index in [1.165, 1.54) is 0 Å². The Morgan fingerprint density at radius 2 is 1.93 bits per heavy atom. The van der Waals surface area contributed by atoms with E-state index in [1.807, 2.05) is 24.3 Å². The second-order valence-electron chi connectivity index (χ2n) is 8.78. The molecule has 1 aromatic rings. The van der Waals surface area contributed by atoms with Crippen LogP contribution in [0.1, 0.15) is 44.1 Å². The number of aromatic nitrogens is 2. The number of hydrogen-bond donors (Lipinski definition) is 1. The molecule has 3 fully saturated rings. The molecular weight excluding hydrogens is 354 g/mol. The van der Waals surface area contributed by atoms with Crippen LogP contribution in [0.2, 0.25) is 0 Å². The number of aromatic amines is 1. The minimum absolute atomic E-state index is 0.106. The average molecular weight is 388 g/mol. The van der Waals surface area contributed by atoms with Gasteiger partial charge in [0.05, 0.1) is 12.1 Å². The van der Waals surface area contributed by atoms with E-state index in [0.29, 0.717) is 17.9 Å². The first-order chi connectivity index (χ1) is 13.6. The summed E-state index contributed by atoms with van der Waals surface area (Å²) < 4.78 is 0. The molecule has 1 aromatic heterocycles. The van der Waals surface area contributed by atoms with Crippen molar-refractivity contribution in [2.75, 3.05) is 39.8 Å². The summed E-state index contributed by atoms with van der Waals surface area (Å²) in [6.07, 6.45) is 10.9. The first kappa shape index (κ1) is 19.4. The van der Waals surface area contributed by atoms with Crippen molar-refractivity contribution >= 4 is 11.8 Å². The van der Waals surface area contributed by atoms with Gasteiger partial charge >= 0.3 is 0 Å². The van der Waals surface area contributed by atoms with Gasteiger partial charge in [-0.2, -0.15) is 5.10 Å². The summed E-state index contributed by atoms with van der Waals surface area (Å²) in [4.78, 5) is 31.7. The summed E-state index contributed by atoms with van der Waals surface area (Å²) in [5, 5.41) is 6.79. The summed E-state index contributed by atoms with van der Waals surface area (Å²) in [6, 6.07) is 0.523. The molecule has 154 valence electrons. The van der Waals surface area contributed by atoms with Gasteiger partial charge in [0.2, 0.25) is 11.8 Å². The Morgan fingerprint density at radius 3 is 2.61 bits per heavy atom. The van der Waals surface area contributed by atoms with Crippen LogP contribution in [0.3, 0.4) is 0 Å². The zero-order valence-corrected chi connectivity index (χ0v) is 17.0. The molecule has 0 radical (unpaired) electrons. The van der Waals surface area contributed by atoms with Gasteiger partial charge in [-0.15, -0.1) is 0 Å². The minimum atomic E-state index is 0.106. The molecule has 7 heteroatoms. The number of carbonyl (C=O) groups is 2. The Morgan fingerprint density at radius 1 is 1.14 bits per heavy atom. The molecule has 2 saturated heterocycles. The first-order valence-corrected chi connectivity index (χ1v) is 10.9. The highest BCUT2D eigenvalue weighted by molar-refractivity contribution is 5.81. The van der Waals surface area contributed by atoms with E-state index in [0.717, 1.165) is 83.2 Å². The number of piperidine rings is 2. The fraction of sp³-hybridized carbons (Fsp3) is 0.762. The number of carbonyl (C=O) groups excluding carboxylic acids is 2. The Balaban J connectivity index is 1.24. The average Bonchev–Trinajstić information content (AvgIpc) is 3.46. The van der Waals surface area contributed by atoms with Gasteiger partial charge in [-0.25, -0.2) is 0 Å². The lowest BCUT2D eigenvalue weighted by atomic mass is 9.92. The van der Waals surface area contributed by atoms with Crippen molar-refractivity contribution in [2.24, 2.45) is 11.8 Å². The summed E-state index contributed by atoms with van der Waals surface area (Å²) in [6.45, 7) is 4.47. The highest BCUT2D eigenvalue weighted by Crippen LogP contribution is 2.32. The van der Waals surface area contributed by atoms with E-state index in [-0.39, 0.29) is 11.8 Å². The molecule has 3 aliphatic rings. The molecule has 2 amide bonds. The molecule has 0 aromatic carbocycles. The molecule has 1 unspecified atom stereocenters. The number of H-pyrrole nitrogens is 1. The molecule has 1 aliphatic carbocycles. The first-order valence-electron chi connectivity index (χ1n) is 10.9. The lowest BCUT2D eigenvalue weighted by Gasteiger charge is -2.42. The SMILES string of the molecule is CN(CCc1cn[nH]c1)C(=O)C1CCCN(C2CCN(C(=O)C3CC3)CC2)C1. The Kier molecular flexibility index (Phi) is 5.99. The predicted octanol–water partition coefficient (Wildman–Crippen LogP) is 1.52. The third-order valence-corrected chi connectivity index (χ3v) is 6.69. The van der Waals surface area contributed by atoms with Gasteiger partial charge in [-0.3, -0.25) is 19.6 Å². The summed E-state index contributed by atoms with van der Waals surface area (Å²) in [7, 11) is 1.92. The van der Waals surface area contributed by atoms with Gasteiger partial charge in [0.15, 0.2) is 0 Å². The molecule has 1 saturated carbocycles. The zero-order valence-electron chi connectivity index (χ0n) is 17.0. The van der Waals surface area contributed by atoms with E-state index in [1.54, 1.807) is 0 Å². The molecule has 1 N–H and O–H groups in total. The van der Waals surface area contributed by atoms with Gasteiger partial charge in [0.25, 0.3) is 0 Å². The molecule has 4 rings (SSSR count). The monoisotopic (exact) mass is 387 g/mol. The quantitative estimate of drug-likeness (QED) is 0.803. The number of likely N-dealkylation sites (tertiary alicyclic amines) is 2. The minimum Gasteiger partial charge on any atom is -0.345 e. The van der Waals surface area contributed by atoms with Crippen LogP contribution in [0.5, 0.6) is 0 Å². The van der Waals surface area contributed by atoms with E-state index >= 15 is 0 Å². The maximum absolute atomic E-state index is 12.9. The van der Waals surface area contributed by atoms with Crippen LogP contribution in [-0.2, 0) is 16.0 Å². The Hall–Kier alpha value is -1.89. The number of nitrogens with one attached hydrogen (secondary N) is 1. The van der Waals surface area contributed by atoms with Crippen LogP contribution in [0.4, 0.5) is 0 Å². The maximum atomic E-state index is 12.9. The van der Waals surface area contributed by atoms with Crippen molar-refractivity contribution in [2.45, 2.75) is 51.0 Å². The second kappa shape index (κ2) is 8.64. The van der Waals surface area contributed by atoms with E-state index < -0.39 is 0 Å². The second-order valence-corrected chi connectivity index (χ2v) is 8.78. The Labute approximate surface area is 167 Å². The van der Waals surface area contributed by atoms with Gasteiger partial charge in [0, 0.05) is 51.4 Å². The van der Waals surface area contributed by atoms with E-state index in [4.69, 9.17) is 0 Å². The molecule has 0 spiro atoms. The third-order valence-electron chi connectivity index (χ3n) is 6.69. The Bertz CT molecular complexity index is 664. The number of likely N-dealkylation sites (N-methyl/N-ethyl adjacent to an activating group) is 1. The van der Waals surface area contributed by atoms with Crippen molar-refractivity contribution < 1.29 is 9.59 Å². The fourth-order valence-electron chi connectivity index (χ4n) is 4.71. The molecule has 1 atom stereocenters. The number of rotatable bonds is 6. The third kappa shape index (κ3) is 4.57. The van der Waals surface area contributed by atoms with Crippen molar-refractivity contribution in [1.29, 1.82) is 0 Å². The summed E-state index contributed by atoms with van der Waals surface area (Å²) >= 11 is 0. The van der Waals surface area contributed by atoms with Crippen LogP contribution >= 0.6 is 0 Å². The molecule has 2 aliphatic heterocycles. The standard InChI is InChI=1S/C21H33N5O2/c1-24(10-6-16-13-22-23-14-16)20(27)18-3-2-9-26(15-18)19-7-11-25(12-8-19)21(28)17-4-5-17/h13-14,17-19H,2-12,15H2,1H3,(H,22,23). The lowest BCUT2D eigenvalue weighted by molar-refractivity contribution is -0.136. The summed E-state index contributed by atoms with van der Waals surface area (Å²) in [5.74, 6) is 1.08.